The highest BCUT2D eigenvalue weighted by atomic mass is 79.9. The zero-order chi connectivity index (χ0) is 12.8. The maximum absolute atomic E-state index is 10.2. The molecule has 1 aromatic carbocycles. The normalized spacial score (nSPS) is 18.8. The Morgan fingerprint density at radius 2 is 2.18 bits per heavy atom. The van der Waals surface area contributed by atoms with E-state index < -0.39 is 5.60 Å². The van der Waals surface area contributed by atoms with E-state index in [4.69, 9.17) is 9.47 Å². The van der Waals surface area contributed by atoms with E-state index in [9.17, 15) is 5.11 Å². The Balaban J connectivity index is 2.64. The lowest BCUT2D eigenvalue weighted by Crippen LogP contribution is -2.17. The number of fused-ring (bicyclic) bond motifs is 1. The van der Waals surface area contributed by atoms with E-state index in [0.717, 1.165) is 27.8 Å². The maximum atomic E-state index is 10.2. The van der Waals surface area contributed by atoms with E-state index in [1.807, 2.05) is 13.0 Å². The van der Waals surface area contributed by atoms with E-state index in [2.05, 4.69) is 15.9 Å². The van der Waals surface area contributed by atoms with Crippen LogP contribution >= 0.6 is 15.9 Å². The predicted octanol–water partition coefficient (Wildman–Crippen LogP) is 3.01. The van der Waals surface area contributed by atoms with Gasteiger partial charge in [0.05, 0.1) is 12.7 Å². The fraction of sp³-hybridized carbons (Fsp3) is 0.538. The second kappa shape index (κ2) is 4.18. The summed E-state index contributed by atoms with van der Waals surface area (Å²) >= 11 is 3.56. The highest BCUT2D eigenvalue weighted by molar-refractivity contribution is 9.10. The largest absolute Gasteiger partial charge is 0.493 e. The van der Waals surface area contributed by atoms with Crippen molar-refractivity contribution in [3.8, 4) is 11.5 Å². The highest BCUT2D eigenvalue weighted by Gasteiger charge is 2.31. The summed E-state index contributed by atoms with van der Waals surface area (Å²) in [5, 5.41) is 10.2. The van der Waals surface area contributed by atoms with Crippen molar-refractivity contribution in [2.75, 3.05) is 7.11 Å². The van der Waals surface area contributed by atoms with Gasteiger partial charge >= 0.3 is 0 Å². The van der Waals surface area contributed by atoms with Crippen molar-refractivity contribution in [2.45, 2.75) is 38.9 Å². The quantitative estimate of drug-likeness (QED) is 0.912. The molecule has 1 aliphatic rings. The van der Waals surface area contributed by atoms with Crippen LogP contribution in [0.2, 0.25) is 0 Å². The Bertz CT molecular complexity index is 449. The minimum Gasteiger partial charge on any atom is -0.493 e. The van der Waals surface area contributed by atoms with Crippen LogP contribution in [-0.4, -0.2) is 18.3 Å². The molecule has 4 heteroatoms. The Hall–Kier alpha value is -0.740. The van der Waals surface area contributed by atoms with Crippen molar-refractivity contribution >= 4 is 15.9 Å². The number of halogens is 1. The fourth-order valence-electron chi connectivity index (χ4n) is 2.11. The van der Waals surface area contributed by atoms with Crippen LogP contribution in [0.1, 0.15) is 31.9 Å². The SMILES string of the molecule is COc1cc(C(C)(C)O)c(Br)c2c1OC(C)C2. The van der Waals surface area contributed by atoms with Gasteiger partial charge in [-0.3, -0.25) is 0 Å². The van der Waals surface area contributed by atoms with Gasteiger partial charge in [-0.15, -0.1) is 0 Å². The minimum atomic E-state index is -0.910. The van der Waals surface area contributed by atoms with Crippen molar-refractivity contribution in [1.29, 1.82) is 0 Å². The van der Waals surface area contributed by atoms with Gasteiger partial charge in [-0.25, -0.2) is 0 Å². The molecule has 17 heavy (non-hydrogen) atoms. The first-order chi connectivity index (χ1) is 7.84. The minimum absolute atomic E-state index is 0.146. The van der Waals surface area contributed by atoms with Gasteiger partial charge in [0.2, 0.25) is 0 Å². The lowest BCUT2D eigenvalue weighted by molar-refractivity contribution is 0.0774. The van der Waals surface area contributed by atoms with Crippen LogP contribution in [0, 0.1) is 0 Å². The summed E-state index contributed by atoms with van der Waals surface area (Å²) in [6.07, 6.45) is 0.975. The number of benzene rings is 1. The number of ether oxygens (including phenoxy) is 2. The summed E-state index contributed by atoms with van der Waals surface area (Å²) in [7, 11) is 1.62. The van der Waals surface area contributed by atoms with Crippen LogP contribution in [0.4, 0.5) is 0 Å². The van der Waals surface area contributed by atoms with Gasteiger partial charge in [0, 0.05) is 22.0 Å². The number of hydrogen-bond acceptors (Lipinski definition) is 3. The third-order valence-corrected chi connectivity index (χ3v) is 3.87. The van der Waals surface area contributed by atoms with Crippen LogP contribution in [-0.2, 0) is 12.0 Å². The molecule has 0 saturated carbocycles. The first-order valence-electron chi connectivity index (χ1n) is 5.63. The first-order valence-corrected chi connectivity index (χ1v) is 6.42. The predicted molar refractivity (Wildman–Crippen MR) is 69.7 cm³/mol. The number of aliphatic hydroxyl groups is 1. The van der Waals surface area contributed by atoms with Crippen molar-refractivity contribution in [3.05, 3.63) is 21.7 Å². The van der Waals surface area contributed by atoms with Gasteiger partial charge in [0.25, 0.3) is 0 Å². The fourth-order valence-corrected chi connectivity index (χ4v) is 3.05. The van der Waals surface area contributed by atoms with E-state index >= 15 is 0 Å². The summed E-state index contributed by atoms with van der Waals surface area (Å²) in [5.74, 6) is 1.48. The van der Waals surface area contributed by atoms with E-state index in [-0.39, 0.29) is 6.10 Å². The molecular weight excluding hydrogens is 284 g/mol. The lowest BCUT2D eigenvalue weighted by atomic mass is 9.95. The van der Waals surface area contributed by atoms with Crippen LogP contribution in [0.3, 0.4) is 0 Å². The molecule has 3 nitrogen and oxygen atoms in total. The van der Waals surface area contributed by atoms with Crippen LogP contribution < -0.4 is 9.47 Å². The first kappa shape index (κ1) is 12.7. The summed E-state index contributed by atoms with van der Waals surface area (Å²) < 4.78 is 12.0. The Morgan fingerprint density at radius 3 is 2.71 bits per heavy atom. The lowest BCUT2D eigenvalue weighted by Gasteiger charge is -2.22. The average molecular weight is 301 g/mol. The van der Waals surface area contributed by atoms with Crippen LogP contribution in [0.15, 0.2) is 10.5 Å². The molecule has 0 radical (unpaired) electrons. The molecule has 1 aromatic rings. The number of hydrogen-bond donors (Lipinski definition) is 1. The molecule has 1 aliphatic heterocycles. The van der Waals surface area contributed by atoms with Gasteiger partial charge in [-0.2, -0.15) is 0 Å². The molecule has 1 atom stereocenters. The number of rotatable bonds is 2. The highest BCUT2D eigenvalue weighted by Crippen LogP contribution is 2.46. The summed E-state index contributed by atoms with van der Waals surface area (Å²) in [6, 6.07) is 1.83. The smallest absolute Gasteiger partial charge is 0.166 e. The molecule has 1 unspecified atom stereocenters. The molecule has 1 heterocycles. The van der Waals surface area contributed by atoms with Crippen molar-refractivity contribution < 1.29 is 14.6 Å². The maximum Gasteiger partial charge on any atom is 0.166 e. The van der Waals surface area contributed by atoms with Crippen molar-refractivity contribution in [1.82, 2.24) is 0 Å². The zero-order valence-electron chi connectivity index (χ0n) is 10.5. The summed E-state index contributed by atoms with van der Waals surface area (Å²) in [4.78, 5) is 0. The zero-order valence-corrected chi connectivity index (χ0v) is 12.1. The summed E-state index contributed by atoms with van der Waals surface area (Å²) in [6.45, 7) is 5.55. The van der Waals surface area contributed by atoms with E-state index in [1.54, 1.807) is 21.0 Å². The summed E-state index contributed by atoms with van der Waals surface area (Å²) in [5.41, 5.74) is 0.993. The molecule has 0 amide bonds. The molecule has 0 aliphatic carbocycles. The topological polar surface area (TPSA) is 38.7 Å². The molecule has 1 N–H and O–H groups in total. The molecule has 0 bridgehead atoms. The van der Waals surface area contributed by atoms with Crippen LogP contribution in [0.5, 0.6) is 11.5 Å². The van der Waals surface area contributed by atoms with Gasteiger partial charge in [-0.05, 0) is 42.8 Å². The molecule has 0 spiro atoms. The number of methoxy groups -OCH3 is 1. The second-order valence-corrected chi connectivity index (χ2v) is 5.73. The monoisotopic (exact) mass is 300 g/mol. The third-order valence-electron chi connectivity index (χ3n) is 2.96. The van der Waals surface area contributed by atoms with Gasteiger partial charge in [-0.1, -0.05) is 0 Å². The molecule has 0 saturated heterocycles. The Kier molecular flexibility index (Phi) is 3.12. The molecule has 0 fully saturated rings. The second-order valence-electron chi connectivity index (χ2n) is 4.94. The molecule has 0 aromatic heterocycles. The molecule has 94 valence electrons. The average Bonchev–Trinajstić information content (AvgIpc) is 2.59. The van der Waals surface area contributed by atoms with Crippen molar-refractivity contribution in [2.24, 2.45) is 0 Å². The Labute approximate surface area is 110 Å². The third kappa shape index (κ3) is 2.16. The van der Waals surface area contributed by atoms with E-state index in [1.165, 1.54) is 0 Å². The molecular formula is C13H17BrO3. The molecule has 2 rings (SSSR count). The van der Waals surface area contributed by atoms with Gasteiger partial charge in [0.1, 0.15) is 6.10 Å². The van der Waals surface area contributed by atoms with E-state index in [0.29, 0.717) is 5.75 Å². The van der Waals surface area contributed by atoms with Gasteiger partial charge < -0.3 is 14.6 Å². The Morgan fingerprint density at radius 1 is 1.53 bits per heavy atom. The van der Waals surface area contributed by atoms with Crippen LogP contribution in [0.25, 0.3) is 0 Å². The van der Waals surface area contributed by atoms with Crippen molar-refractivity contribution in [3.63, 3.8) is 0 Å². The van der Waals surface area contributed by atoms with Gasteiger partial charge in [0.15, 0.2) is 11.5 Å². The standard InChI is InChI=1S/C13H17BrO3/c1-7-5-8-11(14)9(13(2,3)15)6-10(16-4)12(8)17-7/h6-7,15H,5H2,1-4H3.